The maximum atomic E-state index is 5.91. The quantitative estimate of drug-likeness (QED) is 0.491. The topological polar surface area (TPSA) is 33.6 Å². The lowest BCUT2D eigenvalue weighted by atomic mass is 10.1. The van der Waals surface area contributed by atoms with E-state index in [4.69, 9.17) is 16.3 Å². The zero-order valence-corrected chi connectivity index (χ0v) is 11.1. The van der Waals surface area contributed by atoms with E-state index >= 15 is 0 Å². The number of hydrazone groups is 1. The van der Waals surface area contributed by atoms with Gasteiger partial charge in [-0.25, -0.2) is 0 Å². The van der Waals surface area contributed by atoms with Gasteiger partial charge in [-0.15, -0.1) is 0 Å². The molecule has 0 aromatic heterocycles. The standard InChI is InChI=1S/C13H17ClN2O/c1-5-17-11(4)13(14)16-15-12-7-6-9(2)8-10(12)3/h6-8,15H,4-5H2,1-3H3/b16-13-. The molecule has 17 heavy (non-hydrogen) atoms. The monoisotopic (exact) mass is 252 g/mol. The van der Waals surface area contributed by atoms with Crippen LogP contribution in [0.15, 0.2) is 35.6 Å². The molecule has 92 valence electrons. The molecule has 3 nitrogen and oxygen atoms in total. The number of aryl methyl sites for hydroxylation is 2. The zero-order valence-electron chi connectivity index (χ0n) is 10.4. The summed E-state index contributed by atoms with van der Waals surface area (Å²) < 4.78 is 5.14. The van der Waals surface area contributed by atoms with Gasteiger partial charge in [-0.1, -0.05) is 35.9 Å². The Morgan fingerprint density at radius 2 is 2.18 bits per heavy atom. The van der Waals surface area contributed by atoms with Crippen molar-refractivity contribution >= 4 is 22.5 Å². The maximum absolute atomic E-state index is 5.91. The molecule has 1 aromatic carbocycles. The molecule has 0 unspecified atom stereocenters. The summed E-state index contributed by atoms with van der Waals surface area (Å²) in [5.41, 5.74) is 6.13. The molecule has 1 rings (SSSR count). The van der Waals surface area contributed by atoms with Crippen LogP contribution in [0.4, 0.5) is 5.69 Å². The summed E-state index contributed by atoms with van der Waals surface area (Å²) in [6.07, 6.45) is 0. The molecule has 0 aliphatic heterocycles. The van der Waals surface area contributed by atoms with Gasteiger partial charge in [-0.05, 0) is 32.4 Å². The third-order valence-corrected chi connectivity index (χ3v) is 2.50. The Morgan fingerprint density at radius 3 is 2.76 bits per heavy atom. The number of nitrogens with zero attached hydrogens (tertiary/aromatic N) is 1. The molecule has 0 radical (unpaired) electrons. The molecule has 1 aromatic rings. The molecule has 0 atom stereocenters. The van der Waals surface area contributed by atoms with Crippen molar-refractivity contribution in [2.45, 2.75) is 20.8 Å². The smallest absolute Gasteiger partial charge is 0.190 e. The molecule has 0 amide bonds. The highest BCUT2D eigenvalue weighted by Crippen LogP contribution is 2.16. The molecular weight excluding hydrogens is 236 g/mol. The summed E-state index contributed by atoms with van der Waals surface area (Å²) in [7, 11) is 0. The molecule has 0 aliphatic carbocycles. The second-order valence-corrected chi connectivity index (χ2v) is 4.05. The Morgan fingerprint density at radius 1 is 1.47 bits per heavy atom. The van der Waals surface area contributed by atoms with Crippen LogP contribution in [0.5, 0.6) is 0 Å². The number of halogens is 1. The fraction of sp³-hybridized carbons (Fsp3) is 0.308. The second kappa shape index (κ2) is 6.30. The van der Waals surface area contributed by atoms with Gasteiger partial charge >= 0.3 is 0 Å². The Hall–Kier alpha value is -1.48. The summed E-state index contributed by atoms with van der Waals surface area (Å²) in [4.78, 5) is 0. The normalized spacial score (nSPS) is 11.2. The van der Waals surface area contributed by atoms with E-state index in [0.29, 0.717) is 12.4 Å². The summed E-state index contributed by atoms with van der Waals surface area (Å²) in [6.45, 7) is 10.1. The van der Waals surface area contributed by atoms with Gasteiger partial charge in [0.2, 0.25) is 0 Å². The fourth-order valence-corrected chi connectivity index (χ4v) is 1.44. The highest BCUT2D eigenvalue weighted by atomic mass is 35.5. The summed E-state index contributed by atoms with van der Waals surface area (Å²) >= 11 is 5.91. The molecule has 0 bridgehead atoms. The van der Waals surface area contributed by atoms with Crippen molar-refractivity contribution in [3.05, 3.63) is 41.7 Å². The third kappa shape index (κ3) is 4.11. The van der Waals surface area contributed by atoms with Crippen molar-refractivity contribution in [2.24, 2.45) is 5.10 Å². The average Bonchev–Trinajstić information content (AvgIpc) is 2.27. The predicted molar refractivity (Wildman–Crippen MR) is 73.6 cm³/mol. The fourth-order valence-electron chi connectivity index (χ4n) is 1.34. The highest BCUT2D eigenvalue weighted by molar-refractivity contribution is 6.69. The van der Waals surface area contributed by atoms with Crippen molar-refractivity contribution in [1.82, 2.24) is 0 Å². The molecule has 1 N–H and O–H groups in total. The van der Waals surface area contributed by atoms with Gasteiger partial charge in [0.1, 0.15) is 0 Å². The van der Waals surface area contributed by atoms with E-state index < -0.39 is 0 Å². The molecule has 0 aliphatic rings. The summed E-state index contributed by atoms with van der Waals surface area (Å²) in [5.74, 6) is 0.367. The van der Waals surface area contributed by atoms with Crippen molar-refractivity contribution < 1.29 is 4.74 Å². The first kappa shape index (κ1) is 13.6. The number of anilines is 1. The first-order valence-corrected chi connectivity index (χ1v) is 5.81. The van der Waals surface area contributed by atoms with Gasteiger partial charge < -0.3 is 4.74 Å². The zero-order chi connectivity index (χ0) is 12.8. The number of hydrogen-bond acceptors (Lipinski definition) is 3. The Balaban J connectivity index is 2.72. The Labute approximate surface area is 107 Å². The molecule has 0 spiro atoms. The van der Waals surface area contributed by atoms with Crippen LogP contribution in [-0.2, 0) is 4.74 Å². The molecule has 4 heteroatoms. The number of benzene rings is 1. The number of allylic oxidation sites excluding steroid dienone is 1. The van der Waals surface area contributed by atoms with Crippen LogP contribution < -0.4 is 5.43 Å². The van der Waals surface area contributed by atoms with Gasteiger partial charge in [0.25, 0.3) is 0 Å². The van der Waals surface area contributed by atoms with Gasteiger partial charge in [0.15, 0.2) is 10.9 Å². The third-order valence-electron chi connectivity index (χ3n) is 2.21. The lowest BCUT2D eigenvalue weighted by Gasteiger charge is -2.08. The lowest BCUT2D eigenvalue weighted by Crippen LogP contribution is -2.02. The Kier molecular flexibility index (Phi) is 5.04. The molecular formula is C13H17ClN2O. The predicted octanol–water partition coefficient (Wildman–Crippen LogP) is 3.82. The maximum Gasteiger partial charge on any atom is 0.190 e. The minimum atomic E-state index is 0.229. The van der Waals surface area contributed by atoms with Gasteiger partial charge in [0, 0.05) is 0 Å². The minimum Gasteiger partial charge on any atom is -0.491 e. The van der Waals surface area contributed by atoms with Crippen LogP contribution >= 0.6 is 11.6 Å². The van der Waals surface area contributed by atoms with Crippen LogP contribution in [0.1, 0.15) is 18.1 Å². The number of nitrogens with one attached hydrogen (secondary N) is 1. The van der Waals surface area contributed by atoms with E-state index in [1.165, 1.54) is 5.56 Å². The van der Waals surface area contributed by atoms with Crippen LogP contribution in [-0.4, -0.2) is 11.8 Å². The largest absolute Gasteiger partial charge is 0.491 e. The average molecular weight is 253 g/mol. The van der Waals surface area contributed by atoms with E-state index in [0.717, 1.165) is 11.3 Å². The van der Waals surface area contributed by atoms with Crippen molar-refractivity contribution in [1.29, 1.82) is 0 Å². The van der Waals surface area contributed by atoms with Crippen molar-refractivity contribution in [2.75, 3.05) is 12.0 Å². The highest BCUT2D eigenvalue weighted by Gasteiger charge is 2.02. The van der Waals surface area contributed by atoms with E-state index in [-0.39, 0.29) is 5.17 Å². The Bertz CT molecular complexity index is 441. The molecule has 0 fully saturated rings. The summed E-state index contributed by atoms with van der Waals surface area (Å²) in [6, 6.07) is 6.04. The van der Waals surface area contributed by atoms with Crippen LogP contribution in [0, 0.1) is 13.8 Å². The number of rotatable bonds is 5. The molecule has 0 heterocycles. The second-order valence-electron chi connectivity index (χ2n) is 3.69. The lowest BCUT2D eigenvalue weighted by molar-refractivity contribution is 0.252. The number of ether oxygens (including phenoxy) is 1. The van der Waals surface area contributed by atoms with E-state index in [1.807, 2.05) is 32.9 Å². The minimum absolute atomic E-state index is 0.229. The summed E-state index contributed by atoms with van der Waals surface area (Å²) in [5, 5.41) is 4.24. The van der Waals surface area contributed by atoms with Crippen molar-refractivity contribution in [3.63, 3.8) is 0 Å². The van der Waals surface area contributed by atoms with E-state index in [2.05, 4.69) is 23.2 Å². The molecule has 0 saturated heterocycles. The van der Waals surface area contributed by atoms with Crippen molar-refractivity contribution in [3.8, 4) is 0 Å². The van der Waals surface area contributed by atoms with E-state index in [9.17, 15) is 0 Å². The van der Waals surface area contributed by atoms with Gasteiger partial charge in [-0.2, -0.15) is 5.10 Å². The number of hydrogen-bond donors (Lipinski definition) is 1. The van der Waals surface area contributed by atoms with Crippen LogP contribution in [0.25, 0.3) is 0 Å². The molecule has 0 saturated carbocycles. The van der Waals surface area contributed by atoms with Crippen LogP contribution in [0.3, 0.4) is 0 Å². The van der Waals surface area contributed by atoms with E-state index in [1.54, 1.807) is 0 Å². The first-order chi connectivity index (χ1) is 8.04. The van der Waals surface area contributed by atoms with Gasteiger partial charge in [0.05, 0.1) is 12.3 Å². The first-order valence-electron chi connectivity index (χ1n) is 5.43. The van der Waals surface area contributed by atoms with Gasteiger partial charge in [-0.3, -0.25) is 5.43 Å². The SMILES string of the molecule is C=C(OCC)/C(Cl)=N/Nc1ccc(C)cc1C. The van der Waals surface area contributed by atoms with Crippen LogP contribution in [0.2, 0.25) is 0 Å².